The topological polar surface area (TPSA) is 118 Å². The van der Waals surface area contributed by atoms with Gasteiger partial charge in [0.25, 0.3) is 5.56 Å². The largest absolute Gasteiger partial charge is 0.460 e. The lowest BCUT2D eigenvalue weighted by Crippen LogP contribution is -2.23. The molecule has 1 rings (SSSR count). The summed E-state index contributed by atoms with van der Waals surface area (Å²) in [6.45, 7) is 3.06. The summed E-state index contributed by atoms with van der Waals surface area (Å²) in [4.78, 5) is 48.6. The van der Waals surface area contributed by atoms with Crippen molar-refractivity contribution in [2.45, 2.75) is 26.6 Å². The van der Waals surface area contributed by atoms with E-state index < -0.39 is 23.2 Å². The van der Waals surface area contributed by atoms with Gasteiger partial charge >= 0.3 is 17.6 Å². The number of aromatic nitrogens is 2. The standard InChI is InChI=1S/C12H14N2O6/c1-7(2)20-11(17)4-3-10(16)19-6-8-5-9(15)14-12(18)13-8/h3-5,7H,6H2,1-2H3,(H2,13,14,15,18)/b4-3+. The van der Waals surface area contributed by atoms with Gasteiger partial charge in [-0.3, -0.25) is 9.78 Å². The second-order valence-corrected chi connectivity index (χ2v) is 4.04. The molecule has 8 nitrogen and oxygen atoms in total. The van der Waals surface area contributed by atoms with Gasteiger partial charge in [0.2, 0.25) is 0 Å². The molecule has 0 amide bonds. The van der Waals surface area contributed by atoms with E-state index in [0.717, 1.165) is 18.2 Å². The summed E-state index contributed by atoms with van der Waals surface area (Å²) in [5, 5.41) is 0. The summed E-state index contributed by atoms with van der Waals surface area (Å²) >= 11 is 0. The van der Waals surface area contributed by atoms with Crippen LogP contribution in [0.1, 0.15) is 19.5 Å². The number of hydrogen-bond acceptors (Lipinski definition) is 6. The van der Waals surface area contributed by atoms with E-state index in [2.05, 4.69) is 4.98 Å². The Morgan fingerprint density at radius 1 is 1.20 bits per heavy atom. The van der Waals surface area contributed by atoms with Gasteiger partial charge in [0.05, 0.1) is 11.8 Å². The molecule has 0 aromatic carbocycles. The molecule has 1 heterocycles. The minimum atomic E-state index is -0.799. The number of hydrogen-bond donors (Lipinski definition) is 2. The highest BCUT2D eigenvalue weighted by Gasteiger charge is 2.04. The molecule has 0 saturated heterocycles. The molecular formula is C12H14N2O6. The smallest absolute Gasteiger partial charge is 0.331 e. The number of rotatable bonds is 5. The zero-order valence-electron chi connectivity index (χ0n) is 11.0. The van der Waals surface area contributed by atoms with Gasteiger partial charge in [-0.1, -0.05) is 0 Å². The van der Waals surface area contributed by atoms with Crippen LogP contribution in [0.5, 0.6) is 0 Å². The third-order valence-corrected chi connectivity index (χ3v) is 1.89. The molecule has 0 aliphatic carbocycles. The number of carbonyl (C=O) groups is 2. The van der Waals surface area contributed by atoms with Crippen molar-refractivity contribution < 1.29 is 19.1 Å². The van der Waals surface area contributed by atoms with Crippen LogP contribution in [0, 0.1) is 0 Å². The highest BCUT2D eigenvalue weighted by atomic mass is 16.5. The van der Waals surface area contributed by atoms with E-state index in [-0.39, 0.29) is 18.4 Å². The predicted molar refractivity (Wildman–Crippen MR) is 67.8 cm³/mol. The van der Waals surface area contributed by atoms with Gasteiger partial charge in [-0.15, -0.1) is 0 Å². The van der Waals surface area contributed by atoms with Crippen molar-refractivity contribution in [1.29, 1.82) is 0 Å². The lowest BCUT2D eigenvalue weighted by molar-refractivity contribution is -0.143. The number of esters is 2. The molecule has 0 spiro atoms. The van der Waals surface area contributed by atoms with Gasteiger partial charge in [0, 0.05) is 18.2 Å². The molecule has 1 aromatic rings. The number of aromatic amines is 2. The molecular weight excluding hydrogens is 268 g/mol. The maximum atomic E-state index is 11.3. The van der Waals surface area contributed by atoms with Crippen molar-refractivity contribution in [3.63, 3.8) is 0 Å². The third-order valence-electron chi connectivity index (χ3n) is 1.89. The van der Waals surface area contributed by atoms with Gasteiger partial charge in [0.1, 0.15) is 6.61 Å². The minimum absolute atomic E-state index is 0.144. The Morgan fingerprint density at radius 2 is 1.85 bits per heavy atom. The van der Waals surface area contributed by atoms with Crippen molar-refractivity contribution in [1.82, 2.24) is 9.97 Å². The van der Waals surface area contributed by atoms with Gasteiger partial charge in [-0.05, 0) is 13.8 Å². The SMILES string of the molecule is CC(C)OC(=O)/C=C/C(=O)OCc1cc(=O)[nH]c(=O)[nH]1. The van der Waals surface area contributed by atoms with E-state index in [1.807, 2.05) is 4.98 Å². The molecule has 0 unspecified atom stereocenters. The quantitative estimate of drug-likeness (QED) is 0.561. The predicted octanol–water partition coefficient (Wildman–Crippen LogP) is -0.386. The summed E-state index contributed by atoms with van der Waals surface area (Å²) in [6, 6.07) is 1.09. The first-order valence-electron chi connectivity index (χ1n) is 5.75. The summed E-state index contributed by atoms with van der Waals surface area (Å²) < 4.78 is 9.51. The molecule has 0 bridgehead atoms. The Balaban J connectivity index is 2.51. The van der Waals surface area contributed by atoms with Crippen molar-refractivity contribution in [2.75, 3.05) is 0 Å². The van der Waals surface area contributed by atoms with E-state index >= 15 is 0 Å². The van der Waals surface area contributed by atoms with Crippen molar-refractivity contribution >= 4 is 11.9 Å². The number of H-pyrrole nitrogens is 2. The number of nitrogens with one attached hydrogen (secondary N) is 2. The van der Waals surface area contributed by atoms with Crippen LogP contribution < -0.4 is 11.2 Å². The molecule has 1 aromatic heterocycles. The van der Waals surface area contributed by atoms with Crippen LogP contribution in [0.2, 0.25) is 0 Å². The zero-order valence-corrected chi connectivity index (χ0v) is 11.0. The first-order chi connectivity index (χ1) is 9.36. The summed E-state index contributed by atoms with van der Waals surface area (Å²) in [6.07, 6.45) is 1.54. The normalized spacial score (nSPS) is 10.8. The Bertz CT molecular complexity index is 597. The summed E-state index contributed by atoms with van der Waals surface area (Å²) in [5.74, 6) is -1.46. The first-order valence-corrected chi connectivity index (χ1v) is 5.75. The lowest BCUT2D eigenvalue weighted by Gasteiger charge is -2.04. The molecule has 0 radical (unpaired) electrons. The highest BCUT2D eigenvalue weighted by molar-refractivity contribution is 5.91. The Labute approximate surface area is 113 Å². The molecule has 8 heteroatoms. The van der Waals surface area contributed by atoms with Crippen LogP contribution in [-0.2, 0) is 25.7 Å². The van der Waals surface area contributed by atoms with Crippen LogP contribution in [-0.4, -0.2) is 28.0 Å². The second-order valence-electron chi connectivity index (χ2n) is 4.04. The molecule has 0 saturated carbocycles. The van der Waals surface area contributed by atoms with Gasteiger partial charge in [-0.2, -0.15) is 0 Å². The van der Waals surface area contributed by atoms with Gasteiger partial charge < -0.3 is 14.5 Å². The monoisotopic (exact) mass is 282 g/mol. The molecule has 0 fully saturated rings. The van der Waals surface area contributed by atoms with Gasteiger partial charge in [-0.25, -0.2) is 14.4 Å². The maximum Gasteiger partial charge on any atom is 0.331 e. The fraction of sp³-hybridized carbons (Fsp3) is 0.333. The fourth-order valence-electron chi connectivity index (χ4n) is 1.20. The molecule has 20 heavy (non-hydrogen) atoms. The van der Waals surface area contributed by atoms with Crippen LogP contribution in [0.3, 0.4) is 0 Å². The van der Waals surface area contributed by atoms with Crippen LogP contribution in [0.4, 0.5) is 0 Å². The van der Waals surface area contributed by atoms with E-state index in [1.165, 1.54) is 0 Å². The molecule has 0 aliphatic rings. The van der Waals surface area contributed by atoms with Crippen molar-refractivity contribution in [2.24, 2.45) is 0 Å². The van der Waals surface area contributed by atoms with Crippen LogP contribution in [0.25, 0.3) is 0 Å². The Kier molecular flexibility index (Phi) is 5.45. The third kappa shape index (κ3) is 5.80. The fourth-order valence-corrected chi connectivity index (χ4v) is 1.20. The minimum Gasteiger partial charge on any atom is -0.460 e. The Morgan fingerprint density at radius 3 is 2.45 bits per heavy atom. The molecule has 108 valence electrons. The lowest BCUT2D eigenvalue weighted by atomic mass is 10.4. The molecule has 0 aliphatic heterocycles. The Hall–Kier alpha value is -2.64. The second kappa shape index (κ2) is 7.07. The van der Waals surface area contributed by atoms with Crippen molar-refractivity contribution in [3.05, 3.63) is 44.8 Å². The molecule has 2 N–H and O–H groups in total. The maximum absolute atomic E-state index is 11.3. The number of carbonyl (C=O) groups excluding carboxylic acids is 2. The first kappa shape index (κ1) is 15.4. The van der Waals surface area contributed by atoms with E-state index in [0.29, 0.717) is 0 Å². The van der Waals surface area contributed by atoms with Crippen LogP contribution >= 0.6 is 0 Å². The summed E-state index contributed by atoms with van der Waals surface area (Å²) in [5.41, 5.74) is -1.15. The average Bonchev–Trinajstić information content (AvgIpc) is 2.32. The summed E-state index contributed by atoms with van der Waals surface area (Å²) in [7, 11) is 0. The van der Waals surface area contributed by atoms with Crippen molar-refractivity contribution in [3.8, 4) is 0 Å². The van der Waals surface area contributed by atoms with Crippen LogP contribution in [0.15, 0.2) is 27.8 Å². The van der Waals surface area contributed by atoms with E-state index in [4.69, 9.17) is 9.47 Å². The highest BCUT2D eigenvalue weighted by Crippen LogP contribution is 1.94. The number of ether oxygens (including phenoxy) is 2. The zero-order chi connectivity index (χ0) is 15.1. The molecule has 0 atom stereocenters. The van der Waals surface area contributed by atoms with E-state index in [9.17, 15) is 19.2 Å². The average molecular weight is 282 g/mol. The van der Waals surface area contributed by atoms with Gasteiger partial charge in [0.15, 0.2) is 0 Å². The van der Waals surface area contributed by atoms with E-state index in [1.54, 1.807) is 13.8 Å².